The van der Waals surface area contributed by atoms with E-state index in [-0.39, 0.29) is 0 Å². The Morgan fingerprint density at radius 2 is 1.83 bits per heavy atom. The van der Waals surface area contributed by atoms with Crippen molar-refractivity contribution in [1.29, 1.82) is 0 Å². The summed E-state index contributed by atoms with van der Waals surface area (Å²) in [5, 5.41) is 6.88. The van der Waals surface area contributed by atoms with Gasteiger partial charge in [-0.25, -0.2) is 0 Å². The number of hydrogen-bond donors (Lipinski definition) is 2. The van der Waals surface area contributed by atoms with Gasteiger partial charge in [-0.3, -0.25) is 9.89 Å². The van der Waals surface area contributed by atoms with Gasteiger partial charge in [0.2, 0.25) is 0 Å². The Hall–Kier alpha value is -1.59. The van der Waals surface area contributed by atoms with E-state index in [2.05, 4.69) is 65.6 Å². The molecule has 1 atom stereocenters. The van der Waals surface area contributed by atoms with Crippen molar-refractivity contribution in [3.8, 4) is 0 Å². The van der Waals surface area contributed by atoms with Crippen molar-refractivity contribution in [2.24, 2.45) is 10.9 Å². The Bertz CT molecular complexity index is 507. The monoisotopic (exact) mass is 332 g/mol. The van der Waals surface area contributed by atoms with E-state index in [1.807, 2.05) is 7.05 Å². The summed E-state index contributed by atoms with van der Waals surface area (Å²) >= 11 is 0. The Balaban J connectivity index is 1.83. The first kappa shape index (κ1) is 18.7. The van der Waals surface area contributed by atoms with Crippen LogP contribution in [-0.2, 0) is 11.3 Å². The smallest absolute Gasteiger partial charge is 0.191 e. The summed E-state index contributed by atoms with van der Waals surface area (Å²) in [6.45, 7) is 12.0. The molecular weight excluding hydrogens is 300 g/mol. The highest BCUT2D eigenvalue weighted by atomic mass is 16.5. The van der Waals surface area contributed by atoms with Crippen LogP contribution in [0.4, 0.5) is 0 Å². The maximum absolute atomic E-state index is 5.47. The molecule has 0 radical (unpaired) electrons. The number of aryl methyl sites for hydroxylation is 1. The number of morpholine rings is 1. The molecule has 134 valence electrons. The quantitative estimate of drug-likeness (QED) is 0.618. The van der Waals surface area contributed by atoms with E-state index in [4.69, 9.17) is 4.74 Å². The maximum Gasteiger partial charge on any atom is 0.191 e. The number of hydrogen-bond acceptors (Lipinski definition) is 3. The number of guanidine groups is 1. The molecule has 0 spiro atoms. The summed E-state index contributed by atoms with van der Waals surface area (Å²) in [6.07, 6.45) is 0. The van der Waals surface area contributed by atoms with E-state index in [0.29, 0.717) is 12.0 Å². The van der Waals surface area contributed by atoms with Crippen LogP contribution in [0.5, 0.6) is 0 Å². The SMILES string of the molecule is CN=C(NCc1ccc(C)cc1)NCC(C(C)C)N1CCOCC1. The van der Waals surface area contributed by atoms with Gasteiger partial charge in [0.1, 0.15) is 0 Å². The zero-order valence-electron chi connectivity index (χ0n) is 15.5. The van der Waals surface area contributed by atoms with E-state index in [9.17, 15) is 0 Å². The average Bonchev–Trinajstić information content (AvgIpc) is 2.60. The third kappa shape index (κ3) is 5.80. The Morgan fingerprint density at radius 3 is 2.42 bits per heavy atom. The summed E-state index contributed by atoms with van der Waals surface area (Å²) in [7, 11) is 1.82. The number of rotatable bonds is 6. The molecule has 0 saturated carbocycles. The van der Waals surface area contributed by atoms with Crippen molar-refractivity contribution in [3.05, 3.63) is 35.4 Å². The number of ether oxygens (including phenoxy) is 1. The first-order chi connectivity index (χ1) is 11.6. The second kappa shape index (κ2) is 9.64. The number of aliphatic imine (C=N–C) groups is 1. The van der Waals surface area contributed by atoms with Gasteiger partial charge in [-0.1, -0.05) is 43.7 Å². The van der Waals surface area contributed by atoms with E-state index >= 15 is 0 Å². The van der Waals surface area contributed by atoms with E-state index in [0.717, 1.165) is 45.4 Å². The van der Waals surface area contributed by atoms with Crippen LogP contribution in [0.15, 0.2) is 29.3 Å². The first-order valence-corrected chi connectivity index (χ1v) is 8.92. The van der Waals surface area contributed by atoms with Gasteiger partial charge in [0.05, 0.1) is 13.2 Å². The standard InChI is InChI=1S/C19H32N4O/c1-15(2)18(23-9-11-24-12-10-23)14-22-19(20-4)21-13-17-7-5-16(3)6-8-17/h5-8,15,18H,9-14H2,1-4H3,(H2,20,21,22). The highest BCUT2D eigenvalue weighted by molar-refractivity contribution is 5.79. The zero-order chi connectivity index (χ0) is 17.4. The van der Waals surface area contributed by atoms with Gasteiger partial charge in [0.25, 0.3) is 0 Å². The van der Waals surface area contributed by atoms with Gasteiger partial charge >= 0.3 is 0 Å². The van der Waals surface area contributed by atoms with Crippen molar-refractivity contribution in [2.45, 2.75) is 33.4 Å². The van der Waals surface area contributed by atoms with Crippen molar-refractivity contribution in [2.75, 3.05) is 39.9 Å². The predicted octanol–water partition coefficient (Wildman–Crippen LogP) is 2.02. The lowest BCUT2D eigenvalue weighted by Crippen LogP contribution is -2.52. The molecule has 24 heavy (non-hydrogen) atoms. The summed E-state index contributed by atoms with van der Waals surface area (Å²) in [5.74, 6) is 1.44. The number of nitrogens with one attached hydrogen (secondary N) is 2. The molecule has 5 nitrogen and oxygen atoms in total. The van der Waals surface area contributed by atoms with Crippen LogP contribution in [0.2, 0.25) is 0 Å². The zero-order valence-corrected chi connectivity index (χ0v) is 15.5. The lowest BCUT2D eigenvalue weighted by atomic mass is 10.0. The van der Waals surface area contributed by atoms with Crippen LogP contribution < -0.4 is 10.6 Å². The molecule has 1 aliphatic rings. The van der Waals surface area contributed by atoms with Gasteiger partial charge < -0.3 is 15.4 Å². The fraction of sp³-hybridized carbons (Fsp3) is 0.632. The summed E-state index contributed by atoms with van der Waals surface area (Å²) < 4.78 is 5.47. The molecule has 0 amide bonds. The van der Waals surface area contributed by atoms with Crippen LogP contribution in [0.3, 0.4) is 0 Å². The lowest BCUT2D eigenvalue weighted by Gasteiger charge is -2.37. The summed E-state index contributed by atoms with van der Waals surface area (Å²) in [6, 6.07) is 9.08. The van der Waals surface area contributed by atoms with Gasteiger partial charge in [-0.2, -0.15) is 0 Å². The first-order valence-electron chi connectivity index (χ1n) is 8.92. The third-order valence-electron chi connectivity index (χ3n) is 4.57. The fourth-order valence-corrected chi connectivity index (χ4v) is 3.01. The minimum absolute atomic E-state index is 0.492. The molecule has 0 aliphatic carbocycles. The minimum Gasteiger partial charge on any atom is -0.379 e. The highest BCUT2D eigenvalue weighted by Crippen LogP contribution is 2.12. The Labute approximate surface area is 146 Å². The fourth-order valence-electron chi connectivity index (χ4n) is 3.01. The number of benzene rings is 1. The predicted molar refractivity (Wildman–Crippen MR) is 100 cm³/mol. The molecule has 2 N–H and O–H groups in total. The molecule has 1 aromatic carbocycles. The highest BCUT2D eigenvalue weighted by Gasteiger charge is 2.23. The molecule has 0 aromatic heterocycles. The molecule has 1 saturated heterocycles. The van der Waals surface area contributed by atoms with Crippen molar-refractivity contribution in [3.63, 3.8) is 0 Å². The normalized spacial score (nSPS) is 17.8. The summed E-state index contributed by atoms with van der Waals surface area (Å²) in [4.78, 5) is 6.87. The lowest BCUT2D eigenvalue weighted by molar-refractivity contribution is 0.00752. The Kier molecular flexibility index (Phi) is 7.53. The van der Waals surface area contributed by atoms with Crippen LogP contribution in [0.1, 0.15) is 25.0 Å². The van der Waals surface area contributed by atoms with Gasteiger partial charge in [-0.15, -0.1) is 0 Å². The summed E-state index contributed by atoms with van der Waals surface area (Å²) in [5.41, 5.74) is 2.55. The van der Waals surface area contributed by atoms with Crippen LogP contribution in [0.25, 0.3) is 0 Å². The largest absolute Gasteiger partial charge is 0.379 e. The molecule has 1 aromatic rings. The second-order valence-electron chi connectivity index (χ2n) is 6.75. The van der Waals surface area contributed by atoms with Crippen LogP contribution in [-0.4, -0.2) is 56.8 Å². The van der Waals surface area contributed by atoms with Crippen LogP contribution >= 0.6 is 0 Å². The molecular formula is C19H32N4O. The minimum atomic E-state index is 0.492. The van der Waals surface area contributed by atoms with Crippen molar-refractivity contribution in [1.82, 2.24) is 15.5 Å². The molecule has 1 heterocycles. The van der Waals surface area contributed by atoms with Gasteiger partial charge in [0.15, 0.2) is 5.96 Å². The van der Waals surface area contributed by atoms with E-state index in [1.165, 1.54) is 11.1 Å². The Morgan fingerprint density at radius 1 is 1.17 bits per heavy atom. The second-order valence-corrected chi connectivity index (χ2v) is 6.75. The van der Waals surface area contributed by atoms with Crippen LogP contribution in [0, 0.1) is 12.8 Å². The maximum atomic E-state index is 5.47. The third-order valence-corrected chi connectivity index (χ3v) is 4.57. The van der Waals surface area contributed by atoms with Gasteiger partial charge in [-0.05, 0) is 18.4 Å². The topological polar surface area (TPSA) is 48.9 Å². The molecule has 1 fully saturated rings. The van der Waals surface area contributed by atoms with Crippen molar-refractivity contribution < 1.29 is 4.74 Å². The van der Waals surface area contributed by atoms with E-state index in [1.54, 1.807) is 0 Å². The number of nitrogens with zero attached hydrogens (tertiary/aromatic N) is 2. The average molecular weight is 332 g/mol. The molecule has 1 unspecified atom stereocenters. The molecule has 0 bridgehead atoms. The molecule has 2 rings (SSSR count). The van der Waals surface area contributed by atoms with E-state index < -0.39 is 0 Å². The van der Waals surface area contributed by atoms with Crippen molar-refractivity contribution >= 4 is 5.96 Å². The molecule has 5 heteroatoms. The molecule has 1 aliphatic heterocycles. The van der Waals surface area contributed by atoms with Gasteiger partial charge in [0, 0.05) is 39.3 Å².